The van der Waals surface area contributed by atoms with Crippen LogP contribution in [0.3, 0.4) is 0 Å². The third kappa shape index (κ3) is 4.65. The highest BCUT2D eigenvalue weighted by atomic mass is 16.5. The van der Waals surface area contributed by atoms with Gasteiger partial charge >= 0.3 is 0 Å². The minimum atomic E-state index is -0.549. The van der Waals surface area contributed by atoms with E-state index in [2.05, 4.69) is 27.7 Å². The third-order valence-electron chi connectivity index (χ3n) is 6.48. The number of nitrogens with zero attached hydrogens (tertiary/aromatic N) is 1. The normalized spacial score (nSPS) is 24.2. The molecule has 0 N–H and O–H groups in total. The number of benzene rings is 2. The predicted molar refractivity (Wildman–Crippen MR) is 120 cm³/mol. The van der Waals surface area contributed by atoms with Gasteiger partial charge < -0.3 is 9.47 Å². The first-order valence-corrected chi connectivity index (χ1v) is 11.4. The number of rotatable bonds is 10. The Balaban J connectivity index is 1.72. The number of hydroxylamine groups is 2. The Morgan fingerprint density at radius 1 is 0.733 bits per heavy atom. The smallest absolute Gasteiger partial charge is 0.119 e. The van der Waals surface area contributed by atoms with Gasteiger partial charge in [-0.3, -0.25) is 0 Å². The lowest BCUT2D eigenvalue weighted by molar-refractivity contribution is -0.260. The maximum absolute atomic E-state index is 13.6. The molecule has 1 aliphatic rings. The molecule has 0 aliphatic carbocycles. The lowest BCUT2D eigenvalue weighted by atomic mass is 9.89. The minimum Gasteiger partial charge on any atom is -0.494 e. The molecule has 3 rings (SSSR count). The molecule has 4 heteroatoms. The van der Waals surface area contributed by atoms with E-state index in [4.69, 9.17) is 9.47 Å². The Morgan fingerprint density at radius 3 is 1.43 bits per heavy atom. The van der Waals surface area contributed by atoms with E-state index in [1.54, 1.807) is 0 Å². The summed E-state index contributed by atoms with van der Waals surface area (Å²) in [6.07, 6.45) is 5.97. The summed E-state index contributed by atoms with van der Waals surface area (Å²) in [6, 6.07) is 16.1. The summed E-state index contributed by atoms with van der Waals surface area (Å²) in [5.41, 5.74) is 0.993. The van der Waals surface area contributed by atoms with Crippen LogP contribution in [0.5, 0.6) is 11.5 Å². The largest absolute Gasteiger partial charge is 0.494 e. The van der Waals surface area contributed by atoms with Crippen LogP contribution < -0.4 is 9.47 Å². The lowest BCUT2D eigenvalue weighted by Gasteiger charge is -2.37. The molecule has 0 unspecified atom stereocenters. The van der Waals surface area contributed by atoms with E-state index in [9.17, 15) is 5.21 Å². The molecule has 0 spiro atoms. The van der Waals surface area contributed by atoms with E-state index in [0.717, 1.165) is 74.4 Å². The van der Waals surface area contributed by atoms with Crippen LogP contribution in [0.25, 0.3) is 0 Å². The Bertz CT molecular complexity index is 721. The second-order valence-corrected chi connectivity index (χ2v) is 8.79. The Labute approximate surface area is 181 Å². The number of hydrogen-bond donors (Lipinski definition) is 0. The first-order chi connectivity index (χ1) is 14.4. The summed E-state index contributed by atoms with van der Waals surface area (Å²) < 4.78 is 11.6. The van der Waals surface area contributed by atoms with Crippen LogP contribution in [-0.4, -0.2) is 18.3 Å². The van der Waals surface area contributed by atoms with Gasteiger partial charge in [0.25, 0.3) is 0 Å². The molecule has 0 saturated carbocycles. The lowest BCUT2D eigenvalue weighted by Crippen LogP contribution is -2.44. The zero-order valence-electron chi connectivity index (χ0n) is 18.9. The van der Waals surface area contributed by atoms with Gasteiger partial charge in [0.2, 0.25) is 0 Å². The van der Waals surface area contributed by atoms with E-state index < -0.39 is 11.1 Å². The molecule has 30 heavy (non-hydrogen) atoms. The first kappa shape index (κ1) is 22.6. The molecule has 1 fully saturated rings. The summed E-state index contributed by atoms with van der Waals surface area (Å²) in [5.74, 6) is 1.74. The van der Waals surface area contributed by atoms with Gasteiger partial charge in [0, 0.05) is 0 Å². The maximum Gasteiger partial charge on any atom is 0.119 e. The van der Waals surface area contributed by atoms with Gasteiger partial charge in [-0.25, -0.2) is 0 Å². The standard InChI is InChI=1S/C26H36NO3/c1-5-7-19-29-23-13-9-21(10-14-23)25(3)17-18-26(4,27(25)28)22-11-15-24(16-12-22)30-20-8-6-2/h9-16H,5-8,17-20H2,1-4H3/t25-,26-/m0/s1. The summed E-state index contributed by atoms with van der Waals surface area (Å²) >= 11 is 0. The van der Waals surface area contributed by atoms with Crippen molar-refractivity contribution in [1.82, 2.24) is 5.06 Å². The number of hydrogen-bond acceptors (Lipinski definition) is 3. The Hall–Kier alpha value is -2.04. The molecule has 4 nitrogen and oxygen atoms in total. The maximum atomic E-state index is 13.6. The second kappa shape index (κ2) is 9.84. The van der Waals surface area contributed by atoms with Crippen molar-refractivity contribution in [2.24, 2.45) is 0 Å². The molecular formula is C26H36NO3. The molecule has 1 heterocycles. The molecule has 2 aromatic rings. The molecule has 0 bridgehead atoms. The van der Waals surface area contributed by atoms with Crippen molar-refractivity contribution < 1.29 is 14.7 Å². The average Bonchev–Trinajstić information content (AvgIpc) is 3.01. The van der Waals surface area contributed by atoms with Crippen LogP contribution in [0.2, 0.25) is 0 Å². The second-order valence-electron chi connectivity index (χ2n) is 8.79. The van der Waals surface area contributed by atoms with E-state index in [0.29, 0.717) is 0 Å². The fourth-order valence-electron chi connectivity index (χ4n) is 4.25. The van der Waals surface area contributed by atoms with Crippen molar-refractivity contribution in [3.8, 4) is 11.5 Å². The molecule has 2 atom stereocenters. The van der Waals surface area contributed by atoms with Gasteiger partial charge in [-0.2, -0.15) is 0 Å². The molecule has 2 aromatic carbocycles. The van der Waals surface area contributed by atoms with E-state index in [1.165, 1.54) is 5.06 Å². The SMILES string of the molecule is CCCCOc1ccc([C@]2(C)CC[C@@](C)(c3ccc(OCCCC)cc3)N2[O])cc1. The van der Waals surface area contributed by atoms with E-state index >= 15 is 0 Å². The van der Waals surface area contributed by atoms with Crippen molar-refractivity contribution in [2.45, 2.75) is 77.3 Å². The predicted octanol–water partition coefficient (Wildman–Crippen LogP) is 6.62. The molecule has 0 aromatic heterocycles. The van der Waals surface area contributed by atoms with Crippen molar-refractivity contribution in [2.75, 3.05) is 13.2 Å². The van der Waals surface area contributed by atoms with Gasteiger partial charge in [0.1, 0.15) is 11.5 Å². The quantitative estimate of drug-likeness (QED) is 0.414. The molecular weight excluding hydrogens is 374 g/mol. The van der Waals surface area contributed by atoms with E-state index in [-0.39, 0.29) is 0 Å². The minimum absolute atomic E-state index is 0.549. The van der Waals surface area contributed by atoms with E-state index in [1.807, 2.05) is 48.5 Å². The van der Waals surface area contributed by atoms with Crippen LogP contribution in [0.15, 0.2) is 48.5 Å². The summed E-state index contributed by atoms with van der Waals surface area (Å²) in [5, 5.41) is 14.9. The Morgan fingerprint density at radius 2 is 1.10 bits per heavy atom. The summed E-state index contributed by atoms with van der Waals surface area (Å²) in [7, 11) is 0. The van der Waals surface area contributed by atoms with Crippen LogP contribution in [0, 0.1) is 0 Å². The average molecular weight is 411 g/mol. The first-order valence-electron chi connectivity index (χ1n) is 11.4. The molecule has 1 radical (unpaired) electrons. The van der Waals surface area contributed by atoms with Crippen molar-refractivity contribution in [3.05, 3.63) is 59.7 Å². The summed E-state index contributed by atoms with van der Waals surface area (Å²) in [6.45, 7) is 9.88. The molecule has 1 aliphatic heterocycles. The van der Waals surface area contributed by atoms with Gasteiger partial charge in [-0.1, -0.05) is 51.0 Å². The van der Waals surface area contributed by atoms with Crippen LogP contribution in [-0.2, 0) is 16.3 Å². The molecule has 163 valence electrons. The van der Waals surface area contributed by atoms with Crippen molar-refractivity contribution >= 4 is 0 Å². The van der Waals surface area contributed by atoms with Gasteiger partial charge in [-0.05, 0) is 74.9 Å². The molecule has 0 amide bonds. The monoisotopic (exact) mass is 410 g/mol. The zero-order valence-corrected chi connectivity index (χ0v) is 18.9. The van der Waals surface area contributed by atoms with Gasteiger partial charge in [0.05, 0.1) is 24.3 Å². The fraction of sp³-hybridized carbons (Fsp3) is 0.538. The topological polar surface area (TPSA) is 41.6 Å². The fourth-order valence-corrected chi connectivity index (χ4v) is 4.25. The van der Waals surface area contributed by atoms with Crippen molar-refractivity contribution in [1.29, 1.82) is 0 Å². The van der Waals surface area contributed by atoms with Crippen LogP contribution in [0.4, 0.5) is 0 Å². The highest BCUT2D eigenvalue weighted by Crippen LogP contribution is 2.51. The molecule has 1 saturated heterocycles. The van der Waals surface area contributed by atoms with Crippen LogP contribution in [0.1, 0.15) is 77.3 Å². The van der Waals surface area contributed by atoms with Crippen LogP contribution >= 0.6 is 0 Å². The van der Waals surface area contributed by atoms with Gasteiger partial charge in [0.15, 0.2) is 0 Å². The number of ether oxygens (including phenoxy) is 2. The number of unbranched alkanes of at least 4 members (excludes halogenated alkanes) is 2. The van der Waals surface area contributed by atoms with Crippen molar-refractivity contribution in [3.63, 3.8) is 0 Å². The Kier molecular flexibility index (Phi) is 7.43. The summed E-state index contributed by atoms with van der Waals surface area (Å²) in [4.78, 5) is 0. The highest BCUT2D eigenvalue weighted by molar-refractivity contribution is 5.36. The van der Waals surface area contributed by atoms with Gasteiger partial charge in [-0.15, -0.1) is 10.3 Å². The highest BCUT2D eigenvalue weighted by Gasteiger charge is 2.52. The third-order valence-corrected chi connectivity index (χ3v) is 6.48. The zero-order chi connectivity index (χ0) is 21.6.